The number of carbonyl (C=O) groups excluding carboxylic acids is 1. The maximum atomic E-state index is 13.4. The number of carbonyl (C=O) groups is 1. The summed E-state index contributed by atoms with van der Waals surface area (Å²) in [6, 6.07) is 3.81. The Morgan fingerprint density at radius 2 is 1.95 bits per heavy atom. The van der Waals surface area contributed by atoms with Gasteiger partial charge in [0.2, 0.25) is 5.91 Å². The molecule has 0 saturated heterocycles. The van der Waals surface area contributed by atoms with Gasteiger partial charge in [0.05, 0.1) is 6.42 Å². The van der Waals surface area contributed by atoms with Gasteiger partial charge in [0.1, 0.15) is 11.6 Å². The molecule has 0 bridgehead atoms. The molecule has 21 heavy (non-hydrogen) atoms. The number of hydrogen-bond donors (Lipinski definition) is 2. The van der Waals surface area contributed by atoms with Crippen LogP contribution in [0.3, 0.4) is 0 Å². The molecule has 6 heteroatoms. The number of nitrogens with one attached hydrogen (secondary N) is 1. The third kappa shape index (κ3) is 5.25. The maximum Gasteiger partial charge on any atom is 0.224 e. The fourth-order valence-electron chi connectivity index (χ4n) is 2.70. The normalized spacial score (nSPS) is 21.5. The SMILES string of the molecule is Cl.NC1CCCC(CNC(=O)Cc2c(F)cccc2F)C1. The van der Waals surface area contributed by atoms with E-state index >= 15 is 0 Å². The summed E-state index contributed by atoms with van der Waals surface area (Å²) in [6.45, 7) is 0.530. The molecule has 0 aliphatic heterocycles. The molecule has 118 valence electrons. The monoisotopic (exact) mass is 318 g/mol. The van der Waals surface area contributed by atoms with E-state index < -0.39 is 11.6 Å². The van der Waals surface area contributed by atoms with Crippen molar-refractivity contribution in [3.05, 3.63) is 35.4 Å². The van der Waals surface area contributed by atoms with E-state index in [1.165, 1.54) is 6.07 Å². The summed E-state index contributed by atoms with van der Waals surface area (Å²) in [7, 11) is 0. The van der Waals surface area contributed by atoms with Gasteiger partial charge in [-0.05, 0) is 37.3 Å². The van der Waals surface area contributed by atoms with Crippen LogP contribution < -0.4 is 11.1 Å². The lowest BCUT2D eigenvalue weighted by Crippen LogP contribution is -2.36. The first-order chi connectivity index (χ1) is 9.56. The van der Waals surface area contributed by atoms with Gasteiger partial charge in [0.15, 0.2) is 0 Å². The van der Waals surface area contributed by atoms with Gasteiger partial charge in [0.25, 0.3) is 0 Å². The number of nitrogens with two attached hydrogens (primary N) is 1. The minimum atomic E-state index is -0.681. The first kappa shape index (κ1) is 17.9. The zero-order valence-corrected chi connectivity index (χ0v) is 12.6. The fraction of sp³-hybridized carbons (Fsp3) is 0.533. The zero-order valence-electron chi connectivity index (χ0n) is 11.8. The van der Waals surface area contributed by atoms with E-state index in [0.717, 1.165) is 37.8 Å². The summed E-state index contributed by atoms with van der Waals surface area (Å²) in [5.74, 6) is -1.35. The minimum Gasteiger partial charge on any atom is -0.356 e. The highest BCUT2D eigenvalue weighted by Gasteiger charge is 2.20. The molecule has 1 aliphatic carbocycles. The van der Waals surface area contributed by atoms with E-state index in [2.05, 4.69) is 5.32 Å². The summed E-state index contributed by atoms with van der Waals surface area (Å²) in [5, 5.41) is 2.75. The number of hydrogen-bond acceptors (Lipinski definition) is 2. The Bertz CT molecular complexity index is 464. The van der Waals surface area contributed by atoms with Gasteiger partial charge in [-0.3, -0.25) is 4.79 Å². The Labute approximate surface area is 129 Å². The van der Waals surface area contributed by atoms with Crippen molar-refractivity contribution >= 4 is 18.3 Å². The zero-order chi connectivity index (χ0) is 14.5. The first-order valence-corrected chi connectivity index (χ1v) is 7.01. The second-order valence-electron chi connectivity index (χ2n) is 5.47. The lowest BCUT2D eigenvalue weighted by molar-refractivity contribution is -0.120. The van der Waals surface area contributed by atoms with Gasteiger partial charge < -0.3 is 11.1 Å². The van der Waals surface area contributed by atoms with Crippen molar-refractivity contribution in [3.63, 3.8) is 0 Å². The minimum absolute atomic E-state index is 0. The summed E-state index contributed by atoms with van der Waals surface area (Å²) in [6.07, 6.45) is 3.78. The summed E-state index contributed by atoms with van der Waals surface area (Å²) in [4.78, 5) is 11.8. The van der Waals surface area contributed by atoms with Crippen LogP contribution in [-0.4, -0.2) is 18.5 Å². The number of rotatable bonds is 4. The fourth-order valence-corrected chi connectivity index (χ4v) is 2.70. The standard InChI is InChI=1S/C15H20F2N2O.ClH/c16-13-5-2-6-14(17)12(13)8-15(20)19-9-10-3-1-4-11(18)7-10;/h2,5-6,10-11H,1,3-4,7-9,18H2,(H,19,20);1H. The van der Waals surface area contributed by atoms with Crippen LogP contribution in [0.4, 0.5) is 8.78 Å². The van der Waals surface area contributed by atoms with Crippen LogP contribution in [0.5, 0.6) is 0 Å². The summed E-state index contributed by atoms with van der Waals surface area (Å²) >= 11 is 0. The molecule has 1 aliphatic rings. The van der Waals surface area contributed by atoms with Gasteiger partial charge >= 0.3 is 0 Å². The molecule has 0 radical (unpaired) electrons. The molecule has 1 saturated carbocycles. The predicted octanol–water partition coefficient (Wildman–Crippen LogP) is 2.56. The largest absolute Gasteiger partial charge is 0.356 e. The van der Waals surface area contributed by atoms with Gasteiger partial charge in [-0.2, -0.15) is 0 Å². The van der Waals surface area contributed by atoms with Gasteiger partial charge in [-0.25, -0.2) is 8.78 Å². The van der Waals surface area contributed by atoms with Gasteiger partial charge in [0, 0.05) is 18.2 Å². The van der Waals surface area contributed by atoms with Crippen LogP contribution in [0.1, 0.15) is 31.2 Å². The van der Waals surface area contributed by atoms with Crippen molar-refractivity contribution in [2.45, 2.75) is 38.1 Å². The third-order valence-electron chi connectivity index (χ3n) is 3.81. The van der Waals surface area contributed by atoms with E-state index in [-0.39, 0.29) is 36.3 Å². The molecule has 2 rings (SSSR count). The number of halogens is 3. The molecule has 1 aromatic carbocycles. The van der Waals surface area contributed by atoms with Crippen molar-refractivity contribution in [3.8, 4) is 0 Å². The highest BCUT2D eigenvalue weighted by molar-refractivity contribution is 5.85. The molecular formula is C15H21ClF2N2O. The molecule has 0 spiro atoms. The summed E-state index contributed by atoms with van der Waals surface area (Å²) < 4.78 is 26.8. The molecule has 0 aromatic heterocycles. The molecule has 1 amide bonds. The molecule has 1 aromatic rings. The number of benzene rings is 1. The maximum absolute atomic E-state index is 13.4. The van der Waals surface area contributed by atoms with Crippen LogP contribution in [-0.2, 0) is 11.2 Å². The summed E-state index contributed by atoms with van der Waals surface area (Å²) in [5.41, 5.74) is 5.71. The lowest BCUT2D eigenvalue weighted by Gasteiger charge is -2.26. The molecular weight excluding hydrogens is 298 g/mol. The molecule has 1 fully saturated rings. The van der Waals surface area contributed by atoms with Crippen molar-refractivity contribution < 1.29 is 13.6 Å². The second-order valence-corrected chi connectivity index (χ2v) is 5.47. The molecule has 2 unspecified atom stereocenters. The van der Waals surface area contributed by atoms with Crippen LogP contribution >= 0.6 is 12.4 Å². The van der Waals surface area contributed by atoms with Crippen LogP contribution in [0.15, 0.2) is 18.2 Å². The van der Waals surface area contributed by atoms with E-state index in [1.54, 1.807) is 0 Å². The van der Waals surface area contributed by atoms with E-state index in [1.807, 2.05) is 0 Å². The second kappa shape index (κ2) is 8.29. The number of amides is 1. The molecule has 2 atom stereocenters. The van der Waals surface area contributed by atoms with E-state index in [0.29, 0.717) is 12.5 Å². The Kier molecular flexibility index (Phi) is 7.05. The van der Waals surface area contributed by atoms with Crippen LogP contribution in [0.2, 0.25) is 0 Å². The Morgan fingerprint density at radius 3 is 2.57 bits per heavy atom. The van der Waals surface area contributed by atoms with Gasteiger partial charge in [-0.15, -0.1) is 12.4 Å². The highest BCUT2D eigenvalue weighted by Crippen LogP contribution is 2.22. The Hall–Kier alpha value is -1.20. The molecule has 3 nitrogen and oxygen atoms in total. The smallest absolute Gasteiger partial charge is 0.224 e. The molecule has 3 N–H and O–H groups in total. The Balaban J connectivity index is 0.00000220. The highest BCUT2D eigenvalue weighted by atomic mass is 35.5. The molecule has 0 heterocycles. The van der Waals surface area contributed by atoms with Crippen molar-refractivity contribution in [1.82, 2.24) is 5.32 Å². The third-order valence-corrected chi connectivity index (χ3v) is 3.81. The average Bonchev–Trinajstić information content (AvgIpc) is 2.41. The van der Waals surface area contributed by atoms with Crippen molar-refractivity contribution in [2.24, 2.45) is 11.7 Å². The van der Waals surface area contributed by atoms with Crippen LogP contribution in [0, 0.1) is 17.6 Å². The average molecular weight is 319 g/mol. The first-order valence-electron chi connectivity index (χ1n) is 7.01. The lowest BCUT2D eigenvalue weighted by atomic mass is 9.86. The predicted molar refractivity (Wildman–Crippen MR) is 80.3 cm³/mol. The van der Waals surface area contributed by atoms with Crippen LogP contribution in [0.25, 0.3) is 0 Å². The van der Waals surface area contributed by atoms with Crippen molar-refractivity contribution in [2.75, 3.05) is 6.54 Å². The topological polar surface area (TPSA) is 55.1 Å². The van der Waals surface area contributed by atoms with E-state index in [4.69, 9.17) is 5.73 Å². The van der Waals surface area contributed by atoms with Crippen molar-refractivity contribution in [1.29, 1.82) is 0 Å². The van der Waals surface area contributed by atoms with Gasteiger partial charge in [-0.1, -0.05) is 12.5 Å². The van der Waals surface area contributed by atoms with E-state index in [9.17, 15) is 13.6 Å². The Morgan fingerprint density at radius 1 is 1.29 bits per heavy atom. The quantitative estimate of drug-likeness (QED) is 0.896.